The summed E-state index contributed by atoms with van der Waals surface area (Å²) in [4.78, 5) is 4.30. The zero-order chi connectivity index (χ0) is 8.72. The van der Waals surface area contributed by atoms with Crippen LogP contribution in [0.2, 0.25) is 0 Å². The van der Waals surface area contributed by atoms with Gasteiger partial charge in [-0.2, -0.15) is 0 Å². The lowest BCUT2D eigenvalue weighted by Crippen LogP contribution is -2.24. The van der Waals surface area contributed by atoms with E-state index in [4.69, 9.17) is 0 Å². The van der Waals surface area contributed by atoms with Crippen molar-refractivity contribution < 1.29 is 5.11 Å². The molecule has 2 rings (SSSR count). The van der Waals surface area contributed by atoms with Crippen LogP contribution in [-0.2, 0) is 13.0 Å². The Morgan fingerprint density at radius 2 is 2.42 bits per heavy atom. The van der Waals surface area contributed by atoms with Gasteiger partial charge in [0.2, 0.25) is 0 Å². The standard InChI is InChI=1S/C8H11BrN2O/c1-5-10-8(9)7-3-2-6(12)4-11(5)7/h6,12H,2-4H2,1H3. The van der Waals surface area contributed by atoms with Crippen molar-refractivity contribution in [2.24, 2.45) is 0 Å². The van der Waals surface area contributed by atoms with Crippen molar-refractivity contribution in [3.05, 3.63) is 16.1 Å². The summed E-state index contributed by atoms with van der Waals surface area (Å²) < 4.78 is 3.02. The first kappa shape index (κ1) is 8.26. The Morgan fingerprint density at radius 3 is 3.17 bits per heavy atom. The van der Waals surface area contributed by atoms with Crippen molar-refractivity contribution in [1.82, 2.24) is 9.55 Å². The van der Waals surface area contributed by atoms with E-state index in [0.29, 0.717) is 6.54 Å². The molecule has 0 aliphatic carbocycles. The van der Waals surface area contributed by atoms with Crippen LogP contribution in [-0.4, -0.2) is 20.8 Å². The molecule has 0 amide bonds. The van der Waals surface area contributed by atoms with E-state index in [-0.39, 0.29) is 6.10 Å². The molecule has 1 unspecified atom stereocenters. The molecular weight excluding hydrogens is 220 g/mol. The maximum absolute atomic E-state index is 9.43. The van der Waals surface area contributed by atoms with Gasteiger partial charge < -0.3 is 9.67 Å². The molecule has 0 fully saturated rings. The Bertz CT molecular complexity index is 308. The number of rotatable bonds is 0. The fourth-order valence-electron chi connectivity index (χ4n) is 1.66. The number of aliphatic hydroxyl groups excluding tert-OH is 1. The highest BCUT2D eigenvalue weighted by Gasteiger charge is 2.20. The maximum atomic E-state index is 9.43. The third-order valence-corrected chi connectivity index (χ3v) is 2.96. The number of hydrogen-bond donors (Lipinski definition) is 1. The van der Waals surface area contributed by atoms with Gasteiger partial charge in [0, 0.05) is 0 Å². The summed E-state index contributed by atoms with van der Waals surface area (Å²) in [6, 6.07) is 0. The molecular formula is C8H11BrN2O. The minimum absolute atomic E-state index is 0.197. The first-order valence-corrected chi connectivity index (χ1v) is 4.87. The van der Waals surface area contributed by atoms with Crippen molar-refractivity contribution >= 4 is 15.9 Å². The van der Waals surface area contributed by atoms with Gasteiger partial charge in [-0.25, -0.2) is 4.98 Å². The van der Waals surface area contributed by atoms with E-state index in [1.165, 1.54) is 5.69 Å². The lowest BCUT2D eigenvalue weighted by Gasteiger charge is -2.20. The summed E-state index contributed by atoms with van der Waals surface area (Å²) in [5.74, 6) is 0.982. The van der Waals surface area contributed by atoms with Crippen LogP contribution < -0.4 is 0 Å². The lowest BCUT2D eigenvalue weighted by molar-refractivity contribution is 0.130. The average molecular weight is 231 g/mol. The van der Waals surface area contributed by atoms with Crippen molar-refractivity contribution in [2.45, 2.75) is 32.4 Å². The zero-order valence-electron chi connectivity index (χ0n) is 6.92. The monoisotopic (exact) mass is 230 g/mol. The molecule has 0 saturated carbocycles. The molecule has 1 aromatic heterocycles. The van der Waals surface area contributed by atoms with E-state index in [0.717, 1.165) is 23.3 Å². The quantitative estimate of drug-likeness (QED) is 0.729. The largest absolute Gasteiger partial charge is 0.391 e. The first-order valence-electron chi connectivity index (χ1n) is 4.08. The van der Waals surface area contributed by atoms with Crippen LogP contribution in [0.25, 0.3) is 0 Å². The summed E-state index contributed by atoms with van der Waals surface area (Å²) in [6.45, 7) is 2.66. The Kier molecular flexibility index (Phi) is 1.96. The van der Waals surface area contributed by atoms with Crippen LogP contribution in [0.5, 0.6) is 0 Å². The molecule has 0 aromatic carbocycles. The summed E-state index contributed by atoms with van der Waals surface area (Å²) in [5.41, 5.74) is 1.22. The molecule has 3 nitrogen and oxygen atoms in total. The van der Waals surface area contributed by atoms with Crippen molar-refractivity contribution in [1.29, 1.82) is 0 Å². The van der Waals surface area contributed by atoms with E-state index in [1.807, 2.05) is 6.92 Å². The second kappa shape index (κ2) is 2.85. The van der Waals surface area contributed by atoms with Crippen molar-refractivity contribution in [3.8, 4) is 0 Å². The van der Waals surface area contributed by atoms with Crippen LogP contribution in [0.1, 0.15) is 17.9 Å². The molecule has 1 atom stereocenters. The summed E-state index contributed by atoms with van der Waals surface area (Å²) in [6.07, 6.45) is 1.57. The van der Waals surface area contributed by atoms with Crippen LogP contribution in [0.4, 0.5) is 0 Å². The molecule has 66 valence electrons. The summed E-state index contributed by atoms with van der Waals surface area (Å²) in [7, 11) is 0. The molecule has 0 saturated heterocycles. The van der Waals surface area contributed by atoms with Gasteiger partial charge in [-0.1, -0.05) is 0 Å². The number of aromatic nitrogens is 2. The van der Waals surface area contributed by atoms with Gasteiger partial charge in [-0.3, -0.25) is 0 Å². The number of aliphatic hydroxyl groups is 1. The topological polar surface area (TPSA) is 38.0 Å². The molecule has 0 radical (unpaired) electrons. The molecule has 12 heavy (non-hydrogen) atoms. The highest BCUT2D eigenvalue weighted by molar-refractivity contribution is 9.10. The van der Waals surface area contributed by atoms with E-state index in [1.54, 1.807) is 0 Å². The normalized spacial score (nSPS) is 22.4. The Balaban J connectivity index is 2.45. The minimum atomic E-state index is -0.197. The van der Waals surface area contributed by atoms with Gasteiger partial charge in [0.1, 0.15) is 10.4 Å². The number of aryl methyl sites for hydroxylation is 1. The molecule has 2 heterocycles. The molecule has 0 spiro atoms. The SMILES string of the molecule is Cc1nc(Br)c2n1CC(O)CC2. The van der Waals surface area contributed by atoms with E-state index < -0.39 is 0 Å². The molecule has 1 aliphatic heterocycles. The van der Waals surface area contributed by atoms with Crippen molar-refractivity contribution in [3.63, 3.8) is 0 Å². The second-order valence-corrected chi connectivity index (χ2v) is 3.95. The molecule has 1 aliphatic rings. The number of imidazole rings is 1. The van der Waals surface area contributed by atoms with Gasteiger partial charge in [0.25, 0.3) is 0 Å². The molecule has 1 aromatic rings. The minimum Gasteiger partial charge on any atom is -0.391 e. The number of hydrogen-bond acceptors (Lipinski definition) is 2. The van der Waals surface area contributed by atoms with Crippen molar-refractivity contribution in [2.75, 3.05) is 0 Å². The predicted octanol–water partition coefficient (Wildman–Crippen LogP) is 1.26. The van der Waals surface area contributed by atoms with Crippen LogP contribution in [0.3, 0.4) is 0 Å². The fraction of sp³-hybridized carbons (Fsp3) is 0.625. The molecule has 0 bridgehead atoms. The zero-order valence-corrected chi connectivity index (χ0v) is 8.50. The van der Waals surface area contributed by atoms with Gasteiger partial charge >= 0.3 is 0 Å². The fourth-order valence-corrected chi connectivity index (χ4v) is 2.33. The van der Waals surface area contributed by atoms with E-state index in [9.17, 15) is 5.11 Å². The summed E-state index contributed by atoms with van der Waals surface area (Å²) in [5, 5.41) is 9.43. The van der Waals surface area contributed by atoms with Gasteiger partial charge in [-0.05, 0) is 35.7 Å². The third-order valence-electron chi connectivity index (χ3n) is 2.32. The second-order valence-electron chi connectivity index (χ2n) is 3.20. The number of fused-ring (bicyclic) bond motifs is 1. The third kappa shape index (κ3) is 1.19. The van der Waals surface area contributed by atoms with Crippen LogP contribution in [0.15, 0.2) is 4.60 Å². The predicted molar refractivity (Wildman–Crippen MR) is 49.0 cm³/mol. The Morgan fingerprint density at radius 1 is 1.67 bits per heavy atom. The van der Waals surface area contributed by atoms with Crippen LogP contribution >= 0.6 is 15.9 Å². The Hall–Kier alpha value is -0.350. The average Bonchev–Trinajstić information content (AvgIpc) is 2.28. The van der Waals surface area contributed by atoms with Gasteiger partial charge in [0.05, 0.1) is 18.3 Å². The molecule has 1 N–H and O–H groups in total. The van der Waals surface area contributed by atoms with E-state index >= 15 is 0 Å². The van der Waals surface area contributed by atoms with Crippen LogP contribution in [0, 0.1) is 6.92 Å². The smallest absolute Gasteiger partial charge is 0.127 e. The lowest BCUT2D eigenvalue weighted by atomic mass is 10.1. The summed E-state index contributed by atoms with van der Waals surface area (Å²) >= 11 is 3.41. The first-order chi connectivity index (χ1) is 5.68. The van der Waals surface area contributed by atoms with Gasteiger partial charge in [-0.15, -0.1) is 0 Å². The van der Waals surface area contributed by atoms with E-state index in [2.05, 4.69) is 25.5 Å². The maximum Gasteiger partial charge on any atom is 0.127 e. The Labute approximate surface area is 79.6 Å². The molecule has 4 heteroatoms. The number of nitrogens with zero attached hydrogens (tertiary/aromatic N) is 2. The number of halogens is 1. The highest BCUT2D eigenvalue weighted by Crippen LogP contribution is 2.24. The highest BCUT2D eigenvalue weighted by atomic mass is 79.9. The van der Waals surface area contributed by atoms with Gasteiger partial charge in [0.15, 0.2) is 0 Å².